The highest BCUT2D eigenvalue weighted by atomic mass is 16.2. The Labute approximate surface area is 74.4 Å². The molecule has 6 nitrogen and oxygen atoms in total. The first kappa shape index (κ1) is 9.24. The predicted molar refractivity (Wildman–Crippen MR) is 48.2 cm³/mol. The minimum Gasteiger partial charge on any atom is -0.393 e. The molecule has 6 heteroatoms. The molecule has 0 atom stereocenters. The summed E-state index contributed by atoms with van der Waals surface area (Å²) in [7, 11) is 1.48. The van der Waals surface area contributed by atoms with Crippen LogP contribution in [0.15, 0.2) is 11.0 Å². The predicted octanol–water partition coefficient (Wildman–Crippen LogP) is -0.679. The molecule has 1 amide bonds. The van der Waals surface area contributed by atoms with Crippen molar-refractivity contribution in [1.82, 2.24) is 9.55 Å². The van der Waals surface area contributed by atoms with Crippen LogP contribution in [-0.4, -0.2) is 15.5 Å². The van der Waals surface area contributed by atoms with E-state index in [-0.39, 0.29) is 23.1 Å². The first-order valence-corrected chi connectivity index (χ1v) is 3.61. The van der Waals surface area contributed by atoms with E-state index in [1.165, 1.54) is 24.7 Å². The SMILES string of the molecule is CC(=O)Nc1ncc(N)c(=O)n1C. The minimum atomic E-state index is -0.376. The van der Waals surface area contributed by atoms with E-state index in [2.05, 4.69) is 10.3 Å². The maximum Gasteiger partial charge on any atom is 0.277 e. The van der Waals surface area contributed by atoms with Gasteiger partial charge in [-0.1, -0.05) is 0 Å². The molecule has 13 heavy (non-hydrogen) atoms. The van der Waals surface area contributed by atoms with Crippen molar-refractivity contribution in [3.05, 3.63) is 16.6 Å². The Morgan fingerprint density at radius 1 is 1.69 bits per heavy atom. The van der Waals surface area contributed by atoms with Crippen LogP contribution in [-0.2, 0) is 11.8 Å². The van der Waals surface area contributed by atoms with Gasteiger partial charge in [0.1, 0.15) is 5.69 Å². The first-order chi connectivity index (χ1) is 6.02. The lowest BCUT2D eigenvalue weighted by Crippen LogP contribution is -2.25. The van der Waals surface area contributed by atoms with Gasteiger partial charge in [-0.25, -0.2) is 4.98 Å². The molecule has 0 fully saturated rings. The molecule has 0 aromatic carbocycles. The quantitative estimate of drug-likeness (QED) is 0.602. The summed E-state index contributed by atoms with van der Waals surface area (Å²) in [6.45, 7) is 1.34. The Hall–Kier alpha value is -1.85. The Balaban J connectivity index is 3.18. The van der Waals surface area contributed by atoms with Crippen LogP contribution in [0, 0.1) is 0 Å². The van der Waals surface area contributed by atoms with Crippen LogP contribution < -0.4 is 16.6 Å². The molecular weight excluding hydrogens is 172 g/mol. The highest BCUT2D eigenvalue weighted by Gasteiger charge is 2.04. The van der Waals surface area contributed by atoms with Crippen molar-refractivity contribution in [2.24, 2.45) is 7.05 Å². The number of nitrogens with zero attached hydrogens (tertiary/aromatic N) is 2. The molecule has 0 aliphatic heterocycles. The lowest BCUT2D eigenvalue weighted by atomic mass is 10.5. The number of nitrogen functional groups attached to an aromatic ring is 1. The molecule has 1 aromatic heterocycles. The van der Waals surface area contributed by atoms with E-state index in [0.29, 0.717) is 0 Å². The van der Waals surface area contributed by atoms with Gasteiger partial charge in [0.25, 0.3) is 5.56 Å². The van der Waals surface area contributed by atoms with Gasteiger partial charge in [-0.2, -0.15) is 0 Å². The third-order valence-corrected chi connectivity index (χ3v) is 1.48. The second-order valence-electron chi connectivity index (χ2n) is 2.58. The molecule has 0 saturated heterocycles. The van der Waals surface area contributed by atoms with Gasteiger partial charge in [0, 0.05) is 14.0 Å². The second kappa shape index (κ2) is 3.26. The highest BCUT2D eigenvalue weighted by molar-refractivity contribution is 5.86. The first-order valence-electron chi connectivity index (χ1n) is 3.61. The zero-order valence-electron chi connectivity index (χ0n) is 7.37. The number of aromatic nitrogens is 2. The van der Waals surface area contributed by atoms with Gasteiger partial charge in [0.15, 0.2) is 0 Å². The van der Waals surface area contributed by atoms with Gasteiger partial charge >= 0.3 is 0 Å². The molecule has 3 N–H and O–H groups in total. The Morgan fingerprint density at radius 2 is 2.31 bits per heavy atom. The summed E-state index contributed by atoms with van der Waals surface area (Å²) in [6.07, 6.45) is 1.22. The normalized spacial score (nSPS) is 9.69. The maximum absolute atomic E-state index is 11.2. The molecule has 0 aliphatic carbocycles. The number of hydrogen-bond acceptors (Lipinski definition) is 4. The van der Waals surface area contributed by atoms with Crippen LogP contribution in [0.2, 0.25) is 0 Å². The lowest BCUT2D eigenvalue weighted by molar-refractivity contribution is -0.114. The van der Waals surface area contributed by atoms with Crippen LogP contribution in [0.25, 0.3) is 0 Å². The van der Waals surface area contributed by atoms with Crippen molar-refractivity contribution < 1.29 is 4.79 Å². The van der Waals surface area contributed by atoms with Crippen molar-refractivity contribution in [2.75, 3.05) is 11.1 Å². The Morgan fingerprint density at radius 3 is 2.85 bits per heavy atom. The van der Waals surface area contributed by atoms with Crippen molar-refractivity contribution in [3.8, 4) is 0 Å². The van der Waals surface area contributed by atoms with Crippen molar-refractivity contribution in [1.29, 1.82) is 0 Å². The summed E-state index contributed by atoms with van der Waals surface area (Å²) in [5, 5.41) is 2.40. The fourth-order valence-electron chi connectivity index (χ4n) is 0.836. The summed E-state index contributed by atoms with van der Waals surface area (Å²) >= 11 is 0. The number of carbonyl (C=O) groups excluding carboxylic acids is 1. The van der Waals surface area contributed by atoms with Crippen molar-refractivity contribution in [3.63, 3.8) is 0 Å². The molecule has 1 aromatic rings. The van der Waals surface area contributed by atoms with Crippen molar-refractivity contribution in [2.45, 2.75) is 6.92 Å². The molecule has 1 heterocycles. The van der Waals surface area contributed by atoms with Crippen LogP contribution in [0.1, 0.15) is 6.92 Å². The van der Waals surface area contributed by atoms with E-state index in [1.807, 2.05) is 0 Å². The van der Waals surface area contributed by atoms with E-state index in [1.54, 1.807) is 0 Å². The smallest absolute Gasteiger partial charge is 0.277 e. The molecular formula is C7H10N4O2. The van der Waals surface area contributed by atoms with Crippen LogP contribution in [0.3, 0.4) is 0 Å². The molecule has 70 valence electrons. The van der Waals surface area contributed by atoms with Gasteiger partial charge in [0.2, 0.25) is 11.9 Å². The molecule has 0 bridgehead atoms. The van der Waals surface area contributed by atoms with Gasteiger partial charge in [0.05, 0.1) is 6.20 Å². The molecule has 0 saturated carbocycles. The third kappa shape index (κ3) is 1.84. The van der Waals surface area contributed by atoms with Gasteiger partial charge in [-0.3, -0.25) is 19.5 Å². The van der Waals surface area contributed by atoms with Gasteiger partial charge < -0.3 is 5.73 Å². The zero-order chi connectivity index (χ0) is 10.0. The maximum atomic E-state index is 11.2. The van der Waals surface area contributed by atoms with Crippen LogP contribution in [0.4, 0.5) is 11.6 Å². The minimum absolute atomic E-state index is 0.0524. The number of hydrogen-bond donors (Lipinski definition) is 2. The summed E-state index contributed by atoms with van der Waals surface area (Å²) in [5.41, 5.74) is 4.99. The summed E-state index contributed by atoms with van der Waals surface area (Å²) < 4.78 is 1.18. The summed E-state index contributed by atoms with van der Waals surface area (Å²) in [5.74, 6) is -0.0982. The number of carbonyl (C=O) groups is 1. The largest absolute Gasteiger partial charge is 0.393 e. The van der Waals surface area contributed by atoms with Crippen LogP contribution in [0.5, 0.6) is 0 Å². The Kier molecular flexibility index (Phi) is 2.32. The summed E-state index contributed by atoms with van der Waals surface area (Å²) in [4.78, 5) is 25.7. The monoisotopic (exact) mass is 182 g/mol. The zero-order valence-corrected chi connectivity index (χ0v) is 7.37. The third-order valence-electron chi connectivity index (χ3n) is 1.48. The highest BCUT2D eigenvalue weighted by Crippen LogP contribution is 1.98. The Bertz CT molecular complexity index is 396. The molecule has 1 rings (SSSR count). The summed E-state index contributed by atoms with van der Waals surface area (Å²) in [6, 6.07) is 0. The topological polar surface area (TPSA) is 90.0 Å². The molecule has 0 aliphatic rings. The molecule has 0 spiro atoms. The molecule has 0 radical (unpaired) electrons. The molecule has 0 unspecified atom stereocenters. The van der Waals surface area contributed by atoms with E-state index < -0.39 is 0 Å². The number of nitrogens with one attached hydrogen (secondary N) is 1. The van der Waals surface area contributed by atoms with Crippen LogP contribution >= 0.6 is 0 Å². The van der Waals surface area contributed by atoms with E-state index in [0.717, 1.165) is 0 Å². The number of anilines is 2. The number of rotatable bonds is 1. The second-order valence-corrected chi connectivity index (χ2v) is 2.58. The van der Waals surface area contributed by atoms with Gasteiger partial charge in [-0.15, -0.1) is 0 Å². The average molecular weight is 182 g/mol. The van der Waals surface area contributed by atoms with E-state index in [9.17, 15) is 9.59 Å². The number of nitrogens with two attached hydrogens (primary N) is 1. The standard InChI is InChI=1S/C7H10N4O2/c1-4(12)10-7-9-3-5(8)6(13)11(7)2/h3H,8H2,1-2H3,(H,9,10,12). The fraction of sp³-hybridized carbons (Fsp3) is 0.286. The number of amides is 1. The van der Waals surface area contributed by atoms with Gasteiger partial charge in [-0.05, 0) is 0 Å². The van der Waals surface area contributed by atoms with Crippen molar-refractivity contribution >= 4 is 17.5 Å². The fourth-order valence-corrected chi connectivity index (χ4v) is 0.836. The van der Waals surface area contributed by atoms with E-state index >= 15 is 0 Å². The van der Waals surface area contributed by atoms with E-state index in [4.69, 9.17) is 5.73 Å². The average Bonchev–Trinajstić information content (AvgIpc) is 2.06. The lowest BCUT2D eigenvalue weighted by Gasteiger charge is -2.06.